The van der Waals surface area contributed by atoms with Crippen LogP contribution in [0.2, 0.25) is 0 Å². The summed E-state index contributed by atoms with van der Waals surface area (Å²) in [6.45, 7) is 7.61. The van der Waals surface area contributed by atoms with Crippen LogP contribution in [0.1, 0.15) is 20.3 Å². The number of carboxylic acid groups (broad SMARTS) is 1. The summed E-state index contributed by atoms with van der Waals surface area (Å²) in [5.74, 6) is -0.832. The Labute approximate surface area is 73.0 Å². The molecule has 3 heteroatoms. The molecule has 0 spiro atoms. The van der Waals surface area contributed by atoms with E-state index in [2.05, 4.69) is 6.58 Å². The third-order valence-corrected chi connectivity index (χ3v) is 1.51. The maximum atomic E-state index is 10.6. The van der Waals surface area contributed by atoms with E-state index in [1.54, 1.807) is 19.9 Å². The Morgan fingerprint density at radius 2 is 2.25 bits per heavy atom. The highest BCUT2D eigenvalue weighted by molar-refractivity contribution is 5.73. The number of carboxylic acids is 1. The molecule has 0 saturated heterocycles. The Balaban J connectivity index is 3.61. The summed E-state index contributed by atoms with van der Waals surface area (Å²) in [7, 11) is 0. The zero-order valence-corrected chi connectivity index (χ0v) is 7.67. The van der Waals surface area contributed by atoms with E-state index in [1.807, 2.05) is 0 Å². The average Bonchev–Trinajstić information content (AvgIpc) is 1.98. The van der Waals surface area contributed by atoms with Gasteiger partial charge >= 0.3 is 5.97 Å². The Bertz CT molecular complexity index is 161. The van der Waals surface area contributed by atoms with E-state index in [0.29, 0.717) is 6.61 Å². The number of ether oxygens (including phenoxy) is 1. The highest BCUT2D eigenvalue weighted by atomic mass is 16.5. The smallest absolute Gasteiger partial charge is 0.311 e. The van der Waals surface area contributed by atoms with Gasteiger partial charge in [-0.2, -0.15) is 0 Å². The maximum Gasteiger partial charge on any atom is 0.311 e. The molecule has 3 nitrogen and oxygen atoms in total. The molecule has 0 unspecified atom stereocenters. The third-order valence-electron chi connectivity index (χ3n) is 1.51. The molecule has 0 aliphatic heterocycles. The second-order valence-corrected chi connectivity index (χ2v) is 3.32. The summed E-state index contributed by atoms with van der Waals surface area (Å²) in [6.07, 6.45) is 2.50. The lowest BCUT2D eigenvalue weighted by Crippen LogP contribution is -2.29. The number of carbonyl (C=O) groups is 1. The van der Waals surface area contributed by atoms with Gasteiger partial charge in [-0.15, -0.1) is 6.58 Å². The Kier molecular flexibility index (Phi) is 4.59. The summed E-state index contributed by atoms with van der Waals surface area (Å²) in [6, 6.07) is 0. The number of hydrogen-bond acceptors (Lipinski definition) is 2. The summed E-state index contributed by atoms with van der Waals surface area (Å²) in [4.78, 5) is 10.6. The van der Waals surface area contributed by atoms with Gasteiger partial charge in [0.15, 0.2) is 0 Å². The van der Waals surface area contributed by atoms with Crippen LogP contribution in [-0.4, -0.2) is 24.3 Å². The van der Waals surface area contributed by atoms with Crippen molar-refractivity contribution in [3.05, 3.63) is 12.7 Å². The Hall–Kier alpha value is -0.830. The predicted molar refractivity (Wildman–Crippen MR) is 47.0 cm³/mol. The van der Waals surface area contributed by atoms with E-state index >= 15 is 0 Å². The van der Waals surface area contributed by atoms with E-state index in [-0.39, 0.29) is 6.61 Å². The highest BCUT2D eigenvalue weighted by Gasteiger charge is 2.26. The first-order valence-electron chi connectivity index (χ1n) is 3.93. The lowest BCUT2D eigenvalue weighted by molar-refractivity contribution is -0.150. The fraction of sp³-hybridized carbons (Fsp3) is 0.667. The molecule has 0 saturated carbocycles. The van der Waals surface area contributed by atoms with Crippen molar-refractivity contribution in [3.8, 4) is 0 Å². The monoisotopic (exact) mass is 172 g/mol. The summed E-state index contributed by atoms with van der Waals surface area (Å²) in [5, 5.41) is 8.70. The summed E-state index contributed by atoms with van der Waals surface area (Å²) >= 11 is 0. The molecule has 0 rings (SSSR count). The van der Waals surface area contributed by atoms with Crippen LogP contribution in [0.3, 0.4) is 0 Å². The molecule has 0 aliphatic rings. The van der Waals surface area contributed by atoms with Crippen LogP contribution in [0, 0.1) is 5.41 Å². The zero-order chi connectivity index (χ0) is 9.61. The van der Waals surface area contributed by atoms with Crippen LogP contribution >= 0.6 is 0 Å². The van der Waals surface area contributed by atoms with Crippen molar-refractivity contribution < 1.29 is 14.6 Å². The van der Waals surface area contributed by atoms with Gasteiger partial charge in [0.1, 0.15) is 0 Å². The quantitative estimate of drug-likeness (QED) is 0.490. The van der Waals surface area contributed by atoms with Gasteiger partial charge < -0.3 is 9.84 Å². The molecule has 0 aromatic heterocycles. The second-order valence-electron chi connectivity index (χ2n) is 3.32. The van der Waals surface area contributed by atoms with Crippen molar-refractivity contribution >= 4 is 5.97 Å². The number of hydrogen-bond donors (Lipinski definition) is 1. The predicted octanol–water partition coefficient (Wildman–Crippen LogP) is 1.69. The Morgan fingerprint density at radius 1 is 1.67 bits per heavy atom. The minimum absolute atomic E-state index is 0.246. The topological polar surface area (TPSA) is 46.5 Å². The molecule has 12 heavy (non-hydrogen) atoms. The molecule has 0 aliphatic carbocycles. The van der Waals surface area contributed by atoms with Crippen LogP contribution in [0.4, 0.5) is 0 Å². The Morgan fingerprint density at radius 3 is 2.67 bits per heavy atom. The third kappa shape index (κ3) is 4.13. The molecule has 0 atom stereocenters. The van der Waals surface area contributed by atoms with Crippen molar-refractivity contribution in [1.82, 2.24) is 0 Å². The van der Waals surface area contributed by atoms with Gasteiger partial charge in [-0.1, -0.05) is 6.08 Å². The first-order valence-corrected chi connectivity index (χ1v) is 3.93. The first kappa shape index (κ1) is 11.2. The van der Waals surface area contributed by atoms with Gasteiger partial charge in [-0.05, 0) is 20.3 Å². The highest BCUT2D eigenvalue weighted by Crippen LogP contribution is 2.15. The van der Waals surface area contributed by atoms with Gasteiger partial charge in [-0.25, -0.2) is 0 Å². The van der Waals surface area contributed by atoms with E-state index < -0.39 is 11.4 Å². The lowest BCUT2D eigenvalue weighted by atomic mass is 9.95. The molecule has 0 aromatic carbocycles. The van der Waals surface area contributed by atoms with Crippen LogP contribution in [0.5, 0.6) is 0 Å². The van der Waals surface area contributed by atoms with Crippen molar-refractivity contribution in [2.75, 3.05) is 13.2 Å². The lowest BCUT2D eigenvalue weighted by Gasteiger charge is -2.18. The molecule has 70 valence electrons. The van der Waals surface area contributed by atoms with Crippen LogP contribution in [-0.2, 0) is 9.53 Å². The SMILES string of the molecule is C=CCCOCC(C)(C)C(=O)O. The minimum atomic E-state index is -0.832. The van der Waals surface area contributed by atoms with Gasteiger partial charge in [0.05, 0.1) is 18.6 Å². The molecular weight excluding hydrogens is 156 g/mol. The first-order chi connectivity index (χ1) is 5.50. The number of aliphatic carboxylic acids is 1. The summed E-state index contributed by atoms with van der Waals surface area (Å²) < 4.78 is 5.15. The molecule has 0 aromatic rings. The molecular formula is C9H16O3. The van der Waals surface area contributed by atoms with Crippen molar-refractivity contribution in [2.24, 2.45) is 5.41 Å². The van der Waals surface area contributed by atoms with Crippen LogP contribution < -0.4 is 0 Å². The fourth-order valence-corrected chi connectivity index (χ4v) is 0.556. The molecule has 0 radical (unpaired) electrons. The van der Waals surface area contributed by atoms with E-state index in [9.17, 15) is 4.79 Å². The van der Waals surface area contributed by atoms with E-state index in [4.69, 9.17) is 9.84 Å². The van der Waals surface area contributed by atoms with E-state index in [0.717, 1.165) is 6.42 Å². The zero-order valence-electron chi connectivity index (χ0n) is 7.67. The van der Waals surface area contributed by atoms with Crippen molar-refractivity contribution in [2.45, 2.75) is 20.3 Å². The van der Waals surface area contributed by atoms with Crippen molar-refractivity contribution in [3.63, 3.8) is 0 Å². The van der Waals surface area contributed by atoms with Crippen LogP contribution in [0.25, 0.3) is 0 Å². The average molecular weight is 172 g/mol. The number of rotatable bonds is 6. The molecule has 0 heterocycles. The fourth-order valence-electron chi connectivity index (χ4n) is 0.556. The van der Waals surface area contributed by atoms with E-state index in [1.165, 1.54) is 0 Å². The maximum absolute atomic E-state index is 10.6. The standard InChI is InChI=1S/C9H16O3/c1-4-5-6-12-7-9(2,3)8(10)11/h4H,1,5-7H2,2-3H3,(H,10,11). The van der Waals surface area contributed by atoms with Gasteiger partial charge in [-0.3, -0.25) is 4.79 Å². The molecule has 0 amide bonds. The largest absolute Gasteiger partial charge is 0.481 e. The van der Waals surface area contributed by atoms with Gasteiger partial charge in [0, 0.05) is 0 Å². The van der Waals surface area contributed by atoms with Crippen LogP contribution in [0.15, 0.2) is 12.7 Å². The normalized spacial score (nSPS) is 11.2. The van der Waals surface area contributed by atoms with Gasteiger partial charge in [0.2, 0.25) is 0 Å². The second kappa shape index (κ2) is 4.93. The molecule has 0 fully saturated rings. The molecule has 1 N–H and O–H groups in total. The van der Waals surface area contributed by atoms with Gasteiger partial charge in [0.25, 0.3) is 0 Å². The summed E-state index contributed by atoms with van der Waals surface area (Å²) in [5.41, 5.74) is -0.791. The minimum Gasteiger partial charge on any atom is -0.481 e. The molecule has 0 bridgehead atoms. The van der Waals surface area contributed by atoms with Crippen molar-refractivity contribution in [1.29, 1.82) is 0 Å².